The molecule has 10 aliphatic heterocycles. The minimum absolute atomic E-state index is 0.0116. The number of fused-ring (bicyclic) bond motifs is 5. The molecular weight excluding hydrogens is 1860 g/mol. The number of hydrogen-bond acceptors (Lipinski definition) is 38. The molecule has 0 aromatic heterocycles. The summed E-state index contributed by atoms with van der Waals surface area (Å²) < 4.78 is 24.9. The molecule has 5 aromatic rings. The lowest BCUT2D eigenvalue weighted by molar-refractivity contribution is -0.167. The first-order valence-corrected chi connectivity index (χ1v) is 45.2. The van der Waals surface area contributed by atoms with E-state index in [-0.39, 0.29) is 172 Å². The zero-order valence-electron chi connectivity index (χ0n) is 78.7. The van der Waals surface area contributed by atoms with Crippen molar-refractivity contribution in [3.05, 3.63) is 147 Å². The Morgan fingerprint density at radius 2 is 0.535 bits per heavy atom. The first-order chi connectivity index (χ1) is 67.1. The third kappa shape index (κ3) is 21.3. The Bertz CT molecular complexity index is 6150. The number of carbonyl (C=O) groups is 25. The number of carbonyl (C=O) groups excluding carboxylic acids is 25. The number of ether oxygens (including phenoxy) is 5. The van der Waals surface area contributed by atoms with Gasteiger partial charge in [0.05, 0.1) is 61.6 Å². The Morgan fingerprint density at radius 1 is 0.310 bits per heavy atom. The molecule has 9 atom stereocenters. The van der Waals surface area contributed by atoms with Crippen LogP contribution in [0.3, 0.4) is 0 Å². The molecule has 752 valence electrons. The van der Waals surface area contributed by atoms with Gasteiger partial charge >= 0.3 is 29.8 Å². The van der Waals surface area contributed by atoms with E-state index < -0.39 is 236 Å². The summed E-state index contributed by atoms with van der Waals surface area (Å²) in [5.41, 5.74) is 47.9. The van der Waals surface area contributed by atoms with Crippen molar-refractivity contribution >= 4 is 176 Å². The van der Waals surface area contributed by atoms with Crippen LogP contribution >= 0.6 is 0 Å². The lowest BCUT2D eigenvalue weighted by Crippen LogP contribution is -2.57. The number of piperidine rings is 5. The standard InChI is InChI=1S/2C20H24N4O6.C19H22N4O6.C18H19N3O6.C17H17N3O6/c1-10(2)8-13(22)20(29)30-9-23-15(25)7-6-14(18(23)27)24-17(26)11-4-3-5-12(21)16(11)19(24)28;1-3-10(2)16(22)20(29)30-9-23-14(25)8-7-13(18(23)27)24-17(26)11-5-4-6-12(21)15(11)19(24)28;1-9(2)15(21)19(28)29-8-22-13(24)7-6-12(17(22)26)23-16(25)10-4-3-5-11(20)14(10)18(23)27;1-9(2)18(26)27-8-20-13(22)7-6-12(16(20)24)21-15(23)10-4-3-5-11(19)14(10)17(21)25;1-2-13(22)26-8-19-12(21)7-6-11(16(19)24)20-15(23)9-4-3-5-10(18)14(9)17(20)25/h3-5,10,13-14H,6-9,21-22H2,1-2H3;4-6,10,13,16H,3,7-9,21-22H2,1-2H3;3-5,9,12,15H,6-8,20-21H2,1-2H3;3-5,9,12H,6-8,19H2,1-2H3;3-5,11H,2,6-8,18H2,1H3/t13-,14?;10-,13?,16-;12?,15-;;/m000../s1. The fraction of sp³-hybridized carbons (Fsp3) is 0.415. The molecule has 5 fully saturated rings. The maximum Gasteiger partial charge on any atom is 0.324 e. The molecule has 0 saturated carbocycles. The first kappa shape index (κ1) is 106. The van der Waals surface area contributed by atoms with Crippen molar-refractivity contribution < 1.29 is 144 Å². The number of hydrogen-bond donors (Lipinski definition) is 8. The molecule has 48 nitrogen and oxygen atoms in total. The van der Waals surface area contributed by atoms with Crippen molar-refractivity contribution in [1.29, 1.82) is 0 Å². The largest absolute Gasteiger partial charge is 0.444 e. The van der Waals surface area contributed by atoms with E-state index in [1.807, 2.05) is 20.8 Å². The quantitative estimate of drug-likeness (QED) is 0.0176. The van der Waals surface area contributed by atoms with Crippen LogP contribution in [0.15, 0.2) is 91.0 Å². The molecule has 10 heterocycles. The highest BCUT2D eigenvalue weighted by Gasteiger charge is 2.55. The fourth-order valence-corrected chi connectivity index (χ4v) is 16.6. The van der Waals surface area contributed by atoms with E-state index in [0.717, 1.165) is 49.0 Å². The van der Waals surface area contributed by atoms with Gasteiger partial charge in [0.25, 0.3) is 88.6 Å². The van der Waals surface area contributed by atoms with Crippen LogP contribution in [0.25, 0.3) is 0 Å². The molecule has 5 aromatic carbocycles. The second kappa shape index (κ2) is 44.3. The van der Waals surface area contributed by atoms with Gasteiger partial charge in [-0.25, -0.2) is 24.5 Å². The number of amides is 20. The molecule has 10 aliphatic rings. The van der Waals surface area contributed by atoms with E-state index in [9.17, 15) is 120 Å². The Morgan fingerprint density at radius 3 is 0.746 bits per heavy atom. The lowest BCUT2D eigenvalue weighted by Gasteiger charge is -2.34. The molecule has 0 spiro atoms. The second-order valence-electron chi connectivity index (χ2n) is 35.3. The third-order valence-corrected chi connectivity index (χ3v) is 24.9. The molecule has 20 amide bonds. The highest BCUT2D eigenvalue weighted by molar-refractivity contribution is 6.30. The van der Waals surface area contributed by atoms with Crippen molar-refractivity contribution in [2.24, 2.45) is 40.9 Å². The molecule has 142 heavy (non-hydrogen) atoms. The Balaban J connectivity index is 0.000000170. The van der Waals surface area contributed by atoms with Crippen LogP contribution in [-0.2, 0) is 95.6 Å². The van der Waals surface area contributed by atoms with Crippen LogP contribution in [0.5, 0.6) is 0 Å². The summed E-state index contributed by atoms with van der Waals surface area (Å²) in [7, 11) is 0. The zero-order valence-corrected chi connectivity index (χ0v) is 78.7. The average Bonchev–Trinajstić information content (AvgIpc) is 1.62. The summed E-state index contributed by atoms with van der Waals surface area (Å²) in [6.45, 7) is 12.8. The molecule has 0 radical (unpaired) electrons. The van der Waals surface area contributed by atoms with Gasteiger partial charge in [-0.05, 0) is 117 Å². The Kier molecular flexibility index (Phi) is 33.1. The van der Waals surface area contributed by atoms with Gasteiger partial charge in [-0.1, -0.05) is 99.1 Å². The second-order valence-corrected chi connectivity index (χ2v) is 35.3. The predicted molar refractivity (Wildman–Crippen MR) is 489 cm³/mol. The summed E-state index contributed by atoms with van der Waals surface area (Å²) in [6, 6.07) is 14.0. The van der Waals surface area contributed by atoms with Crippen LogP contribution in [0.2, 0.25) is 0 Å². The number of likely N-dealkylation sites (tertiary alicyclic amines) is 5. The number of esters is 5. The van der Waals surface area contributed by atoms with Gasteiger partial charge in [-0.2, -0.15) is 0 Å². The average molecular weight is 1970 g/mol. The number of nitrogen functional groups attached to an aromatic ring is 5. The van der Waals surface area contributed by atoms with Crippen LogP contribution in [0, 0.1) is 23.7 Å². The van der Waals surface area contributed by atoms with Gasteiger partial charge in [-0.15, -0.1) is 0 Å². The first-order valence-electron chi connectivity index (χ1n) is 45.2. The van der Waals surface area contributed by atoms with Crippen LogP contribution < -0.4 is 45.9 Å². The fourth-order valence-electron chi connectivity index (χ4n) is 16.6. The van der Waals surface area contributed by atoms with Gasteiger partial charge < -0.3 is 69.6 Å². The van der Waals surface area contributed by atoms with Crippen molar-refractivity contribution in [2.75, 3.05) is 62.3 Å². The minimum atomic E-state index is -1.18. The summed E-state index contributed by atoms with van der Waals surface area (Å²) >= 11 is 0. The number of nitrogens with two attached hydrogens (primary N) is 8. The normalized spacial score (nSPS) is 20.2. The number of benzene rings is 5. The zero-order chi connectivity index (χ0) is 105. The molecule has 48 heteroatoms. The van der Waals surface area contributed by atoms with Crippen LogP contribution in [0.4, 0.5) is 28.4 Å². The topological polar surface area (TPSA) is 713 Å². The predicted octanol–water partition coefficient (Wildman–Crippen LogP) is 1.21. The number of nitrogens with zero attached hydrogens (tertiary/aromatic N) is 10. The van der Waals surface area contributed by atoms with Crippen molar-refractivity contribution in [2.45, 2.75) is 194 Å². The molecule has 5 unspecified atom stereocenters. The van der Waals surface area contributed by atoms with E-state index in [4.69, 9.17) is 69.6 Å². The number of imide groups is 10. The van der Waals surface area contributed by atoms with Gasteiger partial charge in [0, 0.05) is 67.0 Å². The van der Waals surface area contributed by atoms with Gasteiger partial charge in [-0.3, -0.25) is 144 Å². The maximum atomic E-state index is 12.9. The van der Waals surface area contributed by atoms with E-state index in [2.05, 4.69) is 0 Å². The smallest absolute Gasteiger partial charge is 0.324 e. The highest BCUT2D eigenvalue weighted by atomic mass is 16.6. The molecular formula is C94H106N18O30. The van der Waals surface area contributed by atoms with Crippen LogP contribution in [-0.4, -0.2) is 279 Å². The lowest BCUT2D eigenvalue weighted by atomic mass is 10.0. The van der Waals surface area contributed by atoms with Gasteiger partial charge in [0.1, 0.15) is 48.3 Å². The van der Waals surface area contributed by atoms with Crippen LogP contribution in [0.1, 0.15) is 249 Å². The van der Waals surface area contributed by atoms with Crippen molar-refractivity contribution in [1.82, 2.24) is 49.0 Å². The monoisotopic (exact) mass is 1970 g/mol. The Hall–Kier alpha value is -16.3. The third-order valence-electron chi connectivity index (χ3n) is 24.9. The molecule has 16 N–H and O–H groups in total. The van der Waals surface area contributed by atoms with Crippen molar-refractivity contribution in [3.8, 4) is 0 Å². The summed E-state index contributed by atoms with van der Waals surface area (Å²) in [4.78, 5) is 319. The minimum Gasteiger partial charge on any atom is -0.444 e. The number of rotatable bonds is 25. The Labute approximate surface area is 809 Å². The van der Waals surface area contributed by atoms with Crippen molar-refractivity contribution in [3.63, 3.8) is 0 Å². The van der Waals surface area contributed by atoms with E-state index in [1.54, 1.807) is 71.9 Å². The van der Waals surface area contributed by atoms with Gasteiger partial charge in [0.2, 0.25) is 29.5 Å². The molecule has 0 aliphatic carbocycles. The van der Waals surface area contributed by atoms with Gasteiger partial charge in [0.15, 0.2) is 33.7 Å². The number of anilines is 5. The van der Waals surface area contributed by atoms with E-state index >= 15 is 0 Å². The molecule has 0 bridgehead atoms. The van der Waals surface area contributed by atoms with E-state index in [1.165, 1.54) is 60.7 Å². The maximum absolute atomic E-state index is 12.9. The SMILES string of the molecule is CC(C)C(=O)OCN1C(=O)CCC(N2C(=O)c3cccc(N)c3C2=O)C1=O.CC(C)C[C@H](N)C(=O)OCN1C(=O)CCC(N2C(=O)c3cccc(N)c3C2=O)C1=O.CC(C)[C@H](N)C(=O)OCN1C(=O)CCC(N2C(=O)c3cccc(N)c3C2=O)C1=O.CCC(=O)OCN1C(=O)CCC(N2C(=O)c3cccc(N)c3C2=O)C1=O.CC[C@H](C)[C@H](N)C(=O)OCN1C(=O)CCC(N2C(=O)c3cccc(N)c3C2=O)C1=O. The van der Waals surface area contributed by atoms with E-state index in [0.29, 0.717) is 12.8 Å². The molecule has 5 saturated heterocycles. The molecule has 15 rings (SSSR count). The summed E-state index contributed by atoms with van der Waals surface area (Å²) in [5, 5.41) is 0. The summed E-state index contributed by atoms with van der Waals surface area (Å²) in [5.74, 6) is -17.1. The highest BCUT2D eigenvalue weighted by Crippen LogP contribution is 2.39. The summed E-state index contributed by atoms with van der Waals surface area (Å²) in [6.07, 6.45) is 0.746.